The van der Waals surface area contributed by atoms with Gasteiger partial charge in [0, 0.05) is 19.6 Å². The number of hydrogen-bond acceptors (Lipinski definition) is 5. The average molecular weight is 264 g/mol. The molecule has 1 unspecified atom stereocenters. The van der Waals surface area contributed by atoms with Gasteiger partial charge in [-0.3, -0.25) is 4.79 Å². The van der Waals surface area contributed by atoms with Gasteiger partial charge in [-0.1, -0.05) is 0 Å². The predicted molar refractivity (Wildman–Crippen MR) is 59.4 cm³/mol. The Morgan fingerprint density at radius 2 is 1.89 bits per heavy atom. The Kier molecular flexibility index (Phi) is 6.40. The Morgan fingerprint density at radius 3 is 2.32 bits per heavy atom. The van der Waals surface area contributed by atoms with Crippen LogP contribution in [0.25, 0.3) is 0 Å². The fraction of sp³-hybridized carbons (Fsp3) is 0.727. The Hall–Kier alpha value is -1.19. The van der Waals surface area contributed by atoms with E-state index in [1.165, 1.54) is 4.90 Å². The van der Waals surface area contributed by atoms with E-state index < -0.39 is 23.7 Å². The van der Waals surface area contributed by atoms with E-state index in [1.54, 1.807) is 20.8 Å². The number of carboxylic acid groups (broad SMARTS) is 1. The largest absolute Gasteiger partial charge is 1.00 e. The number of aliphatic carboxylic acids is 1. The summed E-state index contributed by atoms with van der Waals surface area (Å²) in [6, 6.07) is -1.12. The predicted octanol–water partition coefficient (Wildman–Crippen LogP) is -4.18. The monoisotopic (exact) mass is 264 g/mol. The fourth-order valence-corrected chi connectivity index (χ4v) is 1.63. The first-order valence-electron chi connectivity index (χ1n) is 5.64. The number of carboxylic acids is 1. The van der Waals surface area contributed by atoms with Crippen LogP contribution in [0.5, 0.6) is 0 Å². The van der Waals surface area contributed by atoms with Gasteiger partial charge < -0.3 is 24.4 Å². The second kappa shape index (κ2) is 6.82. The molecule has 0 bridgehead atoms. The summed E-state index contributed by atoms with van der Waals surface area (Å²) in [5.74, 6) is -1.38. The maximum absolute atomic E-state index is 11.8. The number of nitrogens with zero attached hydrogens (tertiary/aromatic N) is 2. The number of carbonyl (C=O) groups is 3. The number of ether oxygens (including phenoxy) is 1. The summed E-state index contributed by atoms with van der Waals surface area (Å²) in [5.41, 5.74) is -0.643. The summed E-state index contributed by atoms with van der Waals surface area (Å²) in [5, 5.41) is 10.9. The summed E-state index contributed by atoms with van der Waals surface area (Å²) in [6.45, 7) is 5.46. The van der Waals surface area contributed by atoms with Gasteiger partial charge in [-0.05, 0) is 20.8 Å². The van der Waals surface area contributed by atoms with Crippen LogP contribution in [0.15, 0.2) is 0 Å². The van der Waals surface area contributed by atoms with Gasteiger partial charge in [0.05, 0.1) is 12.0 Å². The Morgan fingerprint density at radius 1 is 1.32 bits per heavy atom. The number of amides is 2. The summed E-state index contributed by atoms with van der Waals surface area (Å²) < 4.78 is 5.14. The average Bonchev–Trinajstić information content (AvgIpc) is 2.25. The standard InChI is InChI=1S/C11H18N2O5.Li/c1-11(2,3)18-10(17)12-4-5-13(7-14)8(6-12)9(15)16;/h7-8H,4-6H2,1-3H3,(H,15,16);/q;+1/p-1. The smallest absolute Gasteiger partial charge is 0.548 e. The summed E-state index contributed by atoms with van der Waals surface area (Å²) in [4.78, 5) is 35.7. The Balaban J connectivity index is 0.00000324. The fourth-order valence-electron chi connectivity index (χ4n) is 1.63. The van der Waals surface area contributed by atoms with Crippen LogP contribution in [0, 0.1) is 0 Å². The van der Waals surface area contributed by atoms with Crippen molar-refractivity contribution in [1.29, 1.82) is 0 Å². The van der Waals surface area contributed by atoms with Gasteiger partial charge in [0.25, 0.3) is 0 Å². The van der Waals surface area contributed by atoms with Gasteiger partial charge in [0.1, 0.15) is 5.60 Å². The van der Waals surface area contributed by atoms with Crippen LogP contribution in [0.2, 0.25) is 0 Å². The van der Waals surface area contributed by atoms with Gasteiger partial charge >= 0.3 is 25.0 Å². The van der Waals surface area contributed by atoms with Crippen molar-refractivity contribution in [2.75, 3.05) is 19.6 Å². The zero-order chi connectivity index (χ0) is 13.9. The molecular weight excluding hydrogens is 247 g/mol. The minimum atomic E-state index is -1.38. The number of hydrogen-bond donors (Lipinski definition) is 0. The molecule has 0 N–H and O–H groups in total. The Bertz CT molecular complexity index is 355. The molecule has 19 heavy (non-hydrogen) atoms. The van der Waals surface area contributed by atoms with E-state index in [0.717, 1.165) is 4.90 Å². The maximum Gasteiger partial charge on any atom is 1.00 e. The van der Waals surface area contributed by atoms with Crippen LogP contribution in [0.1, 0.15) is 20.8 Å². The molecule has 0 saturated carbocycles. The summed E-state index contributed by atoms with van der Waals surface area (Å²) >= 11 is 0. The molecule has 8 heteroatoms. The van der Waals surface area contributed by atoms with Crippen molar-refractivity contribution < 1.29 is 43.1 Å². The molecular formula is C11H17LiN2O5. The van der Waals surface area contributed by atoms with Crippen LogP contribution in [0.3, 0.4) is 0 Å². The van der Waals surface area contributed by atoms with Crippen LogP contribution in [0.4, 0.5) is 4.79 Å². The van der Waals surface area contributed by atoms with Crippen LogP contribution < -0.4 is 24.0 Å². The van der Waals surface area contributed by atoms with E-state index in [4.69, 9.17) is 4.74 Å². The molecule has 0 aliphatic carbocycles. The van der Waals surface area contributed by atoms with Gasteiger partial charge in [-0.25, -0.2) is 4.79 Å². The molecule has 0 spiro atoms. The molecule has 1 heterocycles. The normalized spacial score (nSPS) is 19.4. The summed E-state index contributed by atoms with van der Waals surface area (Å²) in [7, 11) is 0. The van der Waals surface area contributed by atoms with Crippen LogP contribution in [-0.4, -0.2) is 59.5 Å². The van der Waals surface area contributed by atoms with Crippen molar-refractivity contribution in [3.05, 3.63) is 0 Å². The first-order valence-corrected chi connectivity index (χ1v) is 5.64. The van der Waals surface area contributed by atoms with Crippen molar-refractivity contribution in [2.24, 2.45) is 0 Å². The van der Waals surface area contributed by atoms with E-state index in [1.807, 2.05) is 0 Å². The molecule has 1 fully saturated rings. The van der Waals surface area contributed by atoms with Gasteiger partial charge in [0.2, 0.25) is 6.41 Å². The molecule has 7 nitrogen and oxygen atoms in total. The first-order chi connectivity index (χ1) is 8.24. The molecule has 2 amide bonds. The zero-order valence-electron chi connectivity index (χ0n) is 11.7. The number of piperazine rings is 1. The molecule has 1 aliphatic heterocycles. The van der Waals surface area contributed by atoms with Crippen LogP contribution >= 0.6 is 0 Å². The minimum Gasteiger partial charge on any atom is -0.548 e. The number of carbonyl (C=O) groups excluding carboxylic acids is 3. The van der Waals surface area contributed by atoms with Crippen molar-refractivity contribution >= 4 is 18.5 Å². The third-order valence-corrected chi connectivity index (χ3v) is 2.48. The third-order valence-electron chi connectivity index (χ3n) is 2.48. The molecule has 102 valence electrons. The molecule has 1 saturated heterocycles. The zero-order valence-corrected chi connectivity index (χ0v) is 11.7. The van der Waals surface area contributed by atoms with E-state index in [-0.39, 0.29) is 38.5 Å². The van der Waals surface area contributed by atoms with Gasteiger partial charge in [-0.2, -0.15) is 0 Å². The topological polar surface area (TPSA) is 90.0 Å². The minimum absolute atomic E-state index is 0. The molecule has 1 rings (SSSR count). The molecule has 0 aromatic carbocycles. The molecule has 1 aliphatic rings. The quantitative estimate of drug-likeness (QED) is 0.373. The molecule has 0 radical (unpaired) electrons. The van der Waals surface area contributed by atoms with Crippen molar-refractivity contribution in [3.63, 3.8) is 0 Å². The van der Waals surface area contributed by atoms with Gasteiger partial charge in [0.15, 0.2) is 0 Å². The third kappa shape index (κ3) is 5.13. The van der Waals surface area contributed by atoms with Gasteiger partial charge in [-0.15, -0.1) is 0 Å². The van der Waals surface area contributed by atoms with Crippen molar-refractivity contribution in [2.45, 2.75) is 32.4 Å². The molecule has 0 aromatic rings. The first kappa shape index (κ1) is 17.8. The SMILES string of the molecule is CC(C)(C)OC(=O)N1CCN(C=O)C(C(=O)[O-])C1.[Li+]. The molecule has 0 aromatic heterocycles. The second-order valence-corrected chi connectivity index (χ2v) is 5.10. The van der Waals surface area contributed by atoms with E-state index in [2.05, 4.69) is 0 Å². The number of rotatable bonds is 2. The van der Waals surface area contributed by atoms with Crippen molar-refractivity contribution in [1.82, 2.24) is 9.80 Å². The summed E-state index contributed by atoms with van der Waals surface area (Å²) in [6.07, 6.45) is -0.133. The maximum atomic E-state index is 11.8. The van der Waals surface area contributed by atoms with Crippen LogP contribution in [-0.2, 0) is 14.3 Å². The molecule has 1 atom stereocenters. The van der Waals surface area contributed by atoms with Crippen molar-refractivity contribution in [3.8, 4) is 0 Å². The Labute approximate surface area is 124 Å². The van der Waals surface area contributed by atoms with E-state index in [0.29, 0.717) is 6.41 Å². The van der Waals surface area contributed by atoms with E-state index >= 15 is 0 Å². The van der Waals surface area contributed by atoms with E-state index in [9.17, 15) is 19.5 Å². The second-order valence-electron chi connectivity index (χ2n) is 5.10.